The van der Waals surface area contributed by atoms with Crippen LogP contribution in [0.4, 0.5) is 0 Å². The van der Waals surface area contributed by atoms with E-state index in [4.69, 9.17) is 9.47 Å². The summed E-state index contributed by atoms with van der Waals surface area (Å²) in [6.45, 7) is 1.57. The maximum Gasteiger partial charge on any atom is 0.127 e. The van der Waals surface area contributed by atoms with Crippen LogP contribution in [0.2, 0.25) is 0 Å². The molecular formula is C17H14Br2O2. The molecule has 4 rings (SSSR count). The second-order valence-corrected chi connectivity index (χ2v) is 7.24. The van der Waals surface area contributed by atoms with E-state index in [1.807, 2.05) is 0 Å². The van der Waals surface area contributed by atoms with Crippen molar-refractivity contribution in [2.75, 3.05) is 13.2 Å². The van der Waals surface area contributed by atoms with E-state index in [0.29, 0.717) is 0 Å². The third-order valence-corrected chi connectivity index (χ3v) is 5.54. The summed E-state index contributed by atoms with van der Waals surface area (Å²) in [4.78, 5) is 0.132. The van der Waals surface area contributed by atoms with Crippen molar-refractivity contribution in [2.45, 2.75) is 17.7 Å². The molecule has 0 saturated carbocycles. The van der Waals surface area contributed by atoms with Gasteiger partial charge in [-0.1, -0.05) is 44.0 Å². The van der Waals surface area contributed by atoms with Gasteiger partial charge >= 0.3 is 0 Å². The van der Waals surface area contributed by atoms with Gasteiger partial charge in [0.1, 0.15) is 11.5 Å². The molecule has 4 heteroatoms. The molecule has 2 aromatic carbocycles. The van der Waals surface area contributed by atoms with Crippen molar-refractivity contribution in [1.82, 2.24) is 0 Å². The first-order chi connectivity index (χ1) is 10.2. The summed E-state index contributed by atoms with van der Waals surface area (Å²) in [5, 5.41) is 0. The molecular weight excluding hydrogens is 396 g/mol. The first-order valence-corrected chi connectivity index (χ1v) is 8.78. The molecule has 1 unspecified atom stereocenters. The summed E-state index contributed by atoms with van der Waals surface area (Å²) in [6.07, 6.45) is 1.98. The van der Waals surface area contributed by atoms with Gasteiger partial charge in [0.25, 0.3) is 0 Å². The highest BCUT2D eigenvalue weighted by atomic mass is 79.9. The van der Waals surface area contributed by atoms with Gasteiger partial charge in [-0.05, 0) is 34.9 Å². The molecule has 0 aromatic heterocycles. The molecule has 108 valence electrons. The van der Waals surface area contributed by atoms with Crippen LogP contribution in [0.25, 0.3) is 0 Å². The normalized spacial score (nSPS) is 16.9. The number of benzene rings is 2. The van der Waals surface area contributed by atoms with Gasteiger partial charge in [-0.2, -0.15) is 0 Å². The van der Waals surface area contributed by atoms with E-state index in [9.17, 15) is 0 Å². The van der Waals surface area contributed by atoms with Gasteiger partial charge in [0.2, 0.25) is 0 Å². The van der Waals surface area contributed by atoms with E-state index < -0.39 is 0 Å². The van der Waals surface area contributed by atoms with E-state index >= 15 is 0 Å². The maximum atomic E-state index is 5.84. The highest BCUT2D eigenvalue weighted by Crippen LogP contribution is 2.43. The molecule has 0 spiro atoms. The second kappa shape index (κ2) is 5.33. The monoisotopic (exact) mass is 408 g/mol. The van der Waals surface area contributed by atoms with E-state index in [1.54, 1.807) is 0 Å². The summed E-state index contributed by atoms with van der Waals surface area (Å²) < 4.78 is 12.5. The highest BCUT2D eigenvalue weighted by Gasteiger charge is 2.24. The zero-order chi connectivity index (χ0) is 14.4. The van der Waals surface area contributed by atoms with Gasteiger partial charge in [-0.3, -0.25) is 0 Å². The van der Waals surface area contributed by atoms with Gasteiger partial charge in [0, 0.05) is 22.9 Å². The third-order valence-electron chi connectivity index (χ3n) is 4.06. The Bertz CT molecular complexity index is 712. The topological polar surface area (TPSA) is 18.5 Å². The largest absolute Gasteiger partial charge is 0.493 e. The summed E-state index contributed by atoms with van der Waals surface area (Å²) in [5.74, 6) is 2.06. The predicted octanol–water partition coefficient (Wildman–Crippen LogP) is 4.80. The van der Waals surface area contributed by atoms with Crippen LogP contribution in [-0.2, 0) is 12.8 Å². The Labute approximate surface area is 140 Å². The number of ether oxygens (including phenoxy) is 2. The van der Waals surface area contributed by atoms with Crippen LogP contribution >= 0.6 is 31.9 Å². The van der Waals surface area contributed by atoms with Crippen molar-refractivity contribution in [3.8, 4) is 11.5 Å². The number of fused-ring (bicyclic) bond motifs is 2. The Morgan fingerprint density at radius 1 is 0.952 bits per heavy atom. The molecule has 0 aliphatic carbocycles. The lowest BCUT2D eigenvalue weighted by atomic mass is 9.99. The van der Waals surface area contributed by atoms with Crippen LogP contribution in [-0.4, -0.2) is 13.2 Å². The SMILES string of the molecule is Brc1cc2c(c(C(Br)c3ccc4c(c3)CCO4)c1)OCC2. The van der Waals surface area contributed by atoms with Gasteiger partial charge in [-0.15, -0.1) is 0 Å². The predicted molar refractivity (Wildman–Crippen MR) is 89.8 cm³/mol. The number of halogens is 2. The van der Waals surface area contributed by atoms with Crippen LogP contribution in [0.3, 0.4) is 0 Å². The fourth-order valence-corrected chi connectivity index (χ4v) is 4.18. The Morgan fingerprint density at radius 2 is 1.76 bits per heavy atom. The van der Waals surface area contributed by atoms with Crippen molar-refractivity contribution < 1.29 is 9.47 Å². The van der Waals surface area contributed by atoms with Gasteiger partial charge < -0.3 is 9.47 Å². The molecule has 0 amide bonds. The summed E-state index contributed by atoms with van der Waals surface area (Å²) >= 11 is 7.46. The van der Waals surface area contributed by atoms with E-state index in [0.717, 1.165) is 42.0 Å². The van der Waals surface area contributed by atoms with Crippen LogP contribution in [0, 0.1) is 0 Å². The minimum absolute atomic E-state index is 0.132. The second-order valence-electron chi connectivity index (χ2n) is 5.41. The number of hydrogen-bond donors (Lipinski definition) is 0. The third kappa shape index (κ3) is 2.38. The molecule has 0 bridgehead atoms. The minimum atomic E-state index is 0.132. The maximum absolute atomic E-state index is 5.84. The summed E-state index contributed by atoms with van der Waals surface area (Å²) in [7, 11) is 0. The van der Waals surface area contributed by atoms with Crippen molar-refractivity contribution in [1.29, 1.82) is 0 Å². The Kier molecular flexibility index (Phi) is 3.46. The number of alkyl halides is 1. The number of hydrogen-bond acceptors (Lipinski definition) is 2. The van der Waals surface area contributed by atoms with Crippen LogP contribution in [0.15, 0.2) is 34.8 Å². The van der Waals surface area contributed by atoms with Gasteiger partial charge in [0.15, 0.2) is 0 Å². The average molecular weight is 410 g/mol. The quantitative estimate of drug-likeness (QED) is 0.663. The summed E-state index contributed by atoms with van der Waals surface area (Å²) in [6, 6.07) is 10.7. The van der Waals surface area contributed by atoms with Gasteiger partial charge in [0.05, 0.1) is 18.0 Å². The zero-order valence-corrected chi connectivity index (χ0v) is 14.5. The molecule has 0 fully saturated rings. The molecule has 0 N–H and O–H groups in total. The van der Waals surface area contributed by atoms with Crippen molar-refractivity contribution in [2.24, 2.45) is 0 Å². The van der Waals surface area contributed by atoms with Crippen molar-refractivity contribution in [3.63, 3.8) is 0 Å². The lowest BCUT2D eigenvalue weighted by Gasteiger charge is -2.16. The standard InChI is InChI=1S/C17H14Br2O2/c18-13-8-12-4-6-21-17(12)14(9-13)16(19)11-1-2-15-10(7-11)3-5-20-15/h1-2,7-9,16H,3-6H2. The average Bonchev–Trinajstić information content (AvgIpc) is 3.12. The molecule has 2 nitrogen and oxygen atoms in total. The molecule has 0 saturated heterocycles. The number of rotatable bonds is 2. The van der Waals surface area contributed by atoms with Crippen LogP contribution < -0.4 is 9.47 Å². The van der Waals surface area contributed by atoms with Crippen LogP contribution in [0.5, 0.6) is 11.5 Å². The zero-order valence-electron chi connectivity index (χ0n) is 11.4. The molecule has 21 heavy (non-hydrogen) atoms. The molecule has 1 atom stereocenters. The Hall–Kier alpha value is -1.00. The molecule has 2 aromatic rings. The first kappa shape index (κ1) is 13.6. The molecule has 2 aliphatic rings. The van der Waals surface area contributed by atoms with E-state index in [-0.39, 0.29) is 4.83 Å². The van der Waals surface area contributed by atoms with Crippen molar-refractivity contribution >= 4 is 31.9 Å². The highest BCUT2D eigenvalue weighted by molar-refractivity contribution is 9.10. The fraction of sp³-hybridized carbons (Fsp3) is 0.294. The first-order valence-electron chi connectivity index (χ1n) is 7.07. The molecule has 2 aliphatic heterocycles. The van der Waals surface area contributed by atoms with Crippen LogP contribution in [0.1, 0.15) is 27.1 Å². The lowest BCUT2D eigenvalue weighted by Crippen LogP contribution is -1.98. The minimum Gasteiger partial charge on any atom is -0.493 e. The van der Waals surface area contributed by atoms with Crippen molar-refractivity contribution in [3.05, 3.63) is 57.1 Å². The molecule has 0 radical (unpaired) electrons. The van der Waals surface area contributed by atoms with Gasteiger partial charge in [-0.25, -0.2) is 0 Å². The summed E-state index contributed by atoms with van der Waals surface area (Å²) in [5.41, 5.74) is 5.02. The lowest BCUT2D eigenvalue weighted by molar-refractivity contribution is 0.354. The van der Waals surface area contributed by atoms with E-state index in [2.05, 4.69) is 62.2 Å². The van der Waals surface area contributed by atoms with E-state index in [1.165, 1.54) is 22.3 Å². The molecule has 2 heterocycles. The Balaban J connectivity index is 1.77. The Morgan fingerprint density at radius 3 is 2.67 bits per heavy atom. The smallest absolute Gasteiger partial charge is 0.127 e. The fourth-order valence-electron chi connectivity index (χ4n) is 3.03.